The number of benzene rings is 3. The Morgan fingerprint density at radius 2 is 1.67 bits per heavy atom. The fraction of sp³-hybridized carbons (Fsp3) is 0.167. The van der Waals surface area contributed by atoms with Gasteiger partial charge >= 0.3 is 0 Å². The average Bonchev–Trinajstić information content (AvgIpc) is 2.74. The first-order chi connectivity index (χ1) is 14.5. The number of carbonyl (C=O) groups is 2. The van der Waals surface area contributed by atoms with E-state index in [1.165, 1.54) is 12.1 Å². The second kappa shape index (κ2) is 10.0. The maximum atomic E-state index is 13.3. The predicted molar refractivity (Wildman–Crippen MR) is 117 cm³/mol. The molecule has 0 bridgehead atoms. The van der Waals surface area contributed by atoms with Crippen LogP contribution in [0.3, 0.4) is 0 Å². The molecule has 0 unspecified atom stereocenters. The first-order valence-electron chi connectivity index (χ1n) is 9.64. The highest BCUT2D eigenvalue weighted by atomic mass is 35.5. The molecule has 3 aromatic carbocycles. The second-order valence-corrected chi connectivity index (χ2v) is 7.26. The van der Waals surface area contributed by atoms with Crippen LogP contribution >= 0.6 is 11.6 Å². The highest BCUT2D eigenvalue weighted by Gasteiger charge is 2.19. The minimum Gasteiger partial charge on any atom is -0.356 e. The van der Waals surface area contributed by atoms with Crippen molar-refractivity contribution in [3.8, 4) is 0 Å². The van der Waals surface area contributed by atoms with Crippen LogP contribution in [0.4, 0.5) is 10.1 Å². The molecule has 0 fully saturated rings. The van der Waals surface area contributed by atoms with E-state index < -0.39 is 0 Å². The number of nitrogens with one attached hydrogen (secondary N) is 1. The van der Waals surface area contributed by atoms with E-state index in [4.69, 9.17) is 11.6 Å². The lowest BCUT2D eigenvalue weighted by Gasteiger charge is -2.24. The predicted octanol–water partition coefficient (Wildman–Crippen LogP) is 5.00. The highest BCUT2D eigenvalue weighted by molar-refractivity contribution is 6.30. The number of carbonyl (C=O) groups excluding carboxylic acids is 2. The van der Waals surface area contributed by atoms with Gasteiger partial charge in [-0.25, -0.2) is 4.39 Å². The van der Waals surface area contributed by atoms with Crippen molar-refractivity contribution in [2.24, 2.45) is 0 Å². The van der Waals surface area contributed by atoms with Gasteiger partial charge in [-0.2, -0.15) is 0 Å². The van der Waals surface area contributed by atoms with Gasteiger partial charge in [0.2, 0.25) is 5.91 Å². The van der Waals surface area contributed by atoms with Gasteiger partial charge in [0.15, 0.2) is 0 Å². The lowest BCUT2D eigenvalue weighted by atomic mass is 10.1. The number of nitrogens with zero attached hydrogens (tertiary/aromatic N) is 1. The fourth-order valence-electron chi connectivity index (χ4n) is 3.08. The molecule has 3 aromatic rings. The molecule has 0 aliphatic rings. The van der Waals surface area contributed by atoms with Gasteiger partial charge < -0.3 is 10.2 Å². The molecule has 0 spiro atoms. The van der Waals surface area contributed by atoms with Crippen LogP contribution < -0.4 is 10.2 Å². The maximum Gasteiger partial charge on any atom is 0.258 e. The van der Waals surface area contributed by atoms with Crippen molar-refractivity contribution in [2.45, 2.75) is 19.9 Å². The molecule has 0 saturated carbocycles. The number of hydrogen-bond acceptors (Lipinski definition) is 2. The van der Waals surface area contributed by atoms with Gasteiger partial charge in [-0.15, -0.1) is 0 Å². The molecule has 0 radical (unpaired) electrons. The van der Waals surface area contributed by atoms with E-state index in [-0.39, 0.29) is 30.6 Å². The van der Waals surface area contributed by atoms with E-state index >= 15 is 0 Å². The topological polar surface area (TPSA) is 49.4 Å². The SMILES string of the molecule is CCNC(=O)Cc1cccc(N(Cc2ccc(F)cc2)C(=O)c2ccc(Cl)cc2)c1. The van der Waals surface area contributed by atoms with Crippen LogP contribution in [0.5, 0.6) is 0 Å². The monoisotopic (exact) mass is 424 g/mol. The van der Waals surface area contributed by atoms with Crippen LogP contribution in [0.15, 0.2) is 72.8 Å². The van der Waals surface area contributed by atoms with Gasteiger partial charge in [-0.1, -0.05) is 35.9 Å². The fourth-order valence-corrected chi connectivity index (χ4v) is 3.21. The van der Waals surface area contributed by atoms with Crippen LogP contribution in [0, 0.1) is 5.82 Å². The lowest BCUT2D eigenvalue weighted by Crippen LogP contribution is -2.30. The number of rotatable bonds is 7. The van der Waals surface area contributed by atoms with Crippen molar-refractivity contribution in [3.63, 3.8) is 0 Å². The van der Waals surface area contributed by atoms with Crippen LogP contribution in [0.1, 0.15) is 28.4 Å². The molecule has 0 aliphatic heterocycles. The molecule has 0 aliphatic carbocycles. The molecule has 2 amide bonds. The summed E-state index contributed by atoms with van der Waals surface area (Å²) in [5.74, 6) is -0.631. The molecule has 0 aromatic heterocycles. The van der Waals surface area contributed by atoms with Gasteiger partial charge in [0.1, 0.15) is 5.82 Å². The number of amides is 2. The van der Waals surface area contributed by atoms with Crippen molar-refractivity contribution in [1.82, 2.24) is 5.32 Å². The molecule has 0 saturated heterocycles. The summed E-state index contributed by atoms with van der Waals surface area (Å²) in [5, 5.41) is 3.32. The van der Waals surface area contributed by atoms with E-state index in [9.17, 15) is 14.0 Å². The molecule has 6 heteroatoms. The Kier molecular flexibility index (Phi) is 7.20. The zero-order valence-electron chi connectivity index (χ0n) is 16.6. The Hall–Kier alpha value is -3.18. The summed E-state index contributed by atoms with van der Waals surface area (Å²) < 4.78 is 13.3. The Balaban J connectivity index is 1.94. The van der Waals surface area contributed by atoms with E-state index in [1.54, 1.807) is 41.3 Å². The minimum atomic E-state index is -0.335. The number of halogens is 2. The van der Waals surface area contributed by atoms with E-state index in [0.29, 0.717) is 22.8 Å². The zero-order chi connectivity index (χ0) is 21.5. The third kappa shape index (κ3) is 5.67. The third-order valence-corrected chi connectivity index (χ3v) is 4.80. The van der Waals surface area contributed by atoms with Crippen LogP contribution in [0.25, 0.3) is 0 Å². The average molecular weight is 425 g/mol. The van der Waals surface area contributed by atoms with E-state index in [1.807, 2.05) is 31.2 Å². The summed E-state index contributed by atoms with van der Waals surface area (Å²) in [7, 11) is 0. The number of likely N-dealkylation sites (N-methyl/N-ethyl adjacent to an activating group) is 1. The molecule has 154 valence electrons. The van der Waals surface area contributed by atoms with Gasteiger partial charge in [0.25, 0.3) is 5.91 Å². The summed E-state index contributed by atoms with van der Waals surface area (Å²) >= 11 is 5.95. The second-order valence-electron chi connectivity index (χ2n) is 6.82. The third-order valence-electron chi connectivity index (χ3n) is 4.55. The Morgan fingerprint density at radius 3 is 2.33 bits per heavy atom. The van der Waals surface area contributed by atoms with Gasteiger partial charge in [-0.3, -0.25) is 9.59 Å². The van der Waals surface area contributed by atoms with Crippen molar-refractivity contribution in [2.75, 3.05) is 11.4 Å². The number of anilines is 1. The van der Waals surface area contributed by atoms with E-state index in [2.05, 4.69) is 5.32 Å². The van der Waals surface area contributed by atoms with Gasteiger partial charge in [0, 0.05) is 22.8 Å². The van der Waals surface area contributed by atoms with Crippen molar-refractivity contribution in [3.05, 3.63) is 100 Å². The first-order valence-corrected chi connectivity index (χ1v) is 10.0. The quantitative estimate of drug-likeness (QED) is 0.580. The maximum absolute atomic E-state index is 13.3. The standard InChI is InChI=1S/C24H22ClFN2O2/c1-2-27-23(29)15-18-4-3-5-22(14-18)28(16-17-6-12-21(26)13-7-17)24(30)19-8-10-20(25)11-9-19/h3-14H,2,15-16H2,1H3,(H,27,29). The molecule has 30 heavy (non-hydrogen) atoms. The van der Waals surface area contributed by atoms with Gasteiger partial charge in [0.05, 0.1) is 13.0 Å². The summed E-state index contributed by atoms with van der Waals surface area (Å²) in [4.78, 5) is 26.9. The summed E-state index contributed by atoms with van der Waals surface area (Å²) in [6, 6.07) is 20.0. The minimum absolute atomic E-state index is 0.0798. The van der Waals surface area contributed by atoms with Gasteiger partial charge in [-0.05, 0) is 66.6 Å². The van der Waals surface area contributed by atoms with Crippen LogP contribution in [-0.2, 0) is 17.8 Å². The smallest absolute Gasteiger partial charge is 0.258 e. The first kappa shape index (κ1) is 21.5. The lowest BCUT2D eigenvalue weighted by molar-refractivity contribution is -0.120. The van der Waals surface area contributed by atoms with Crippen molar-refractivity contribution < 1.29 is 14.0 Å². The normalized spacial score (nSPS) is 10.5. The largest absolute Gasteiger partial charge is 0.356 e. The molecule has 3 rings (SSSR count). The molecule has 1 N–H and O–H groups in total. The van der Waals surface area contributed by atoms with Crippen LogP contribution in [-0.4, -0.2) is 18.4 Å². The van der Waals surface area contributed by atoms with Crippen molar-refractivity contribution in [1.29, 1.82) is 0 Å². The van der Waals surface area contributed by atoms with E-state index in [0.717, 1.165) is 11.1 Å². The highest BCUT2D eigenvalue weighted by Crippen LogP contribution is 2.23. The Bertz CT molecular complexity index is 1020. The zero-order valence-corrected chi connectivity index (χ0v) is 17.3. The summed E-state index contributed by atoms with van der Waals surface area (Å²) in [5.41, 5.74) is 2.72. The summed E-state index contributed by atoms with van der Waals surface area (Å²) in [6.45, 7) is 2.68. The molecule has 0 atom stereocenters. The van der Waals surface area contributed by atoms with Crippen molar-refractivity contribution >= 4 is 29.1 Å². The number of hydrogen-bond donors (Lipinski definition) is 1. The molecular weight excluding hydrogens is 403 g/mol. The Labute approximate surface area is 180 Å². The molecule has 0 heterocycles. The molecule has 4 nitrogen and oxygen atoms in total. The molecular formula is C24H22ClFN2O2. The summed E-state index contributed by atoms with van der Waals surface area (Å²) in [6.07, 6.45) is 0.223. The van der Waals surface area contributed by atoms with Crippen LogP contribution in [0.2, 0.25) is 5.02 Å². The Morgan fingerprint density at radius 1 is 0.967 bits per heavy atom.